The van der Waals surface area contributed by atoms with Crippen molar-refractivity contribution in [3.05, 3.63) is 0 Å². The van der Waals surface area contributed by atoms with E-state index < -0.39 is 29.3 Å². The van der Waals surface area contributed by atoms with Gasteiger partial charge in [-0.05, 0) is 46.0 Å². The number of aliphatic hydroxyl groups is 3. The van der Waals surface area contributed by atoms with Gasteiger partial charge in [-0.25, -0.2) is 0 Å². The monoisotopic (exact) mass is 347 g/mol. The van der Waals surface area contributed by atoms with Crippen LogP contribution in [0, 0.1) is 5.92 Å². The first kappa shape index (κ1) is 21.3. The first-order valence-corrected chi connectivity index (χ1v) is 8.57. The summed E-state index contributed by atoms with van der Waals surface area (Å²) in [4.78, 5) is 18.0. The molecule has 24 heavy (non-hydrogen) atoms. The Morgan fingerprint density at radius 3 is 2.42 bits per heavy atom. The summed E-state index contributed by atoms with van der Waals surface area (Å²) >= 11 is 0. The molecule has 0 aromatic rings. The molecule has 3 N–H and O–H groups in total. The van der Waals surface area contributed by atoms with Gasteiger partial charge < -0.3 is 20.1 Å². The highest BCUT2D eigenvalue weighted by Gasteiger charge is 2.49. The Hall–Kier alpha value is -0.730. The first-order chi connectivity index (χ1) is 11.0. The zero-order valence-electron chi connectivity index (χ0n) is 15.5. The first-order valence-electron chi connectivity index (χ1n) is 8.57. The second kappa shape index (κ2) is 8.58. The fourth-order valence-corrected chi connectivity index (χ4v) is 3.37. The predicted octanol–water partition coefficient (Wildman–Crippen LogP) is 0.854. The summed E-state index contributed by atoms with van der Waals surface area (Å²) in [6, 6.07) is 0. The zero-order valence-corrected chi connectivity index (χ0v) is 15.5. The van der Waals surface area contributed by atoms with Crippen LogP contribution >= 0.6 is 0 Å². The molecule has 1 aliphatic heterocycles. The molecule has 0 aromatic carbocycles. The van der Waals surface area contributed by atoms with E-state index in [1.54, 1.807) is 25.8 Å². The van der Waals surface area contributed by atoms with Crippen LogP contribution in [0.5, 0.6) is 0 Å². The highest BCUT2D eigenvalue weighted by atomic mass is 16.7. The second-order valence-electron chi connectivity index (χ2n) is 8.10. The predicted molar refractivity (Wildman–Crippen MR) is 89.0 cm³/mol. The number of aliphatic hydroxyl groups excluding tert-OH is 3. The van der Waals surface area contributed by atoms with Gasteiger partial charge in [-0.15, -0.1) is 0 Å². The van der Waals surface area contributed by atoms with Crippen LogP contribution in [0.4, 0.5) is 0 Å². The van der Waals surface area contributed by atoms with Crippen molar-refractivity contribution in [1.29, 1.82) is 0 Å². The summed E-state index contributed by atoms with van der Waals surface area (Å²) in [6.07, 6.45) is 0.0781. The Bertz CT molecular complexity index is 408. The van der Waals surface area contributed by atoms with Crippen molar-refractivity contribution in [2.24, 2.45) is 5.92 Å². The third kappa shape index (κ3) is 6.29. The fourth-order valence-electron chi connectivity index (χ4n) is 3.37. The molecule has 7 nitrogen and oxygen atoms in total. The third-order valence-corrected chi connectivity index (χ3v) is 3.92. The van der Waals surface area contributed by atoms with Crippen molar-refractivity contribution in [3.63, 3.8) is 0 Å². The van der Waals surface area contributed by atoms with Crippen LogP contribution in [0.2, 0.25) is 0 Å². The minimum atomic E-state index is -0.911. The summed E-state index contributed by atoms with van der Waals surface area (Å²) in [5.74, 6) is -0.134. The van der Waals surface area contributed by atoms with E-state index in [1.165, 1.54) is 0 Å². The van der Waals surface area contributed by atoms with E-state index in [-0.39, 0.29) is 32.1 Å². The Morgan fingerprint density at radius 1 is 1.33 bits per heavy atom. The van der Waals surface area contributed by atoms with Gasteiger partial charge >= 0.3 is 5.97 Å². The molecule has 0 aromatic heterocycles. The van der Waals surface area contributed by atoms with E-state index in [9.17, 15) is 20.1 Å². The minimum absolute atomic E-state index is 0.0847. The van der Waals surface area contributed by atoms with Crippen LogP contribution in [-0.2, 0) is 14.4 Å². The number of nitrogens with zero attached hydrogens (tertiary/aromatic N) is 1. The van der Waals surface area contributed by atoms with E-state index in [4.69, 9.17) is 9.57 Å². The molecule has 3 unspecified atom stereocenters. The van der Waals surface area contributed by atoms with E-state index >= 15 is 0 Å². The molecule has 142 valence electrons. The molecule has 0 amide bonds. The molecule has 0 saturated carbocycles. The molecule has 1 heterocycles. The fraction of sp³-hybridized carbons (Fsp3) is 0.941. The lowest BCUT2D eigenvalue weighted by molar-refractivity contribution is -0.213. The lowest BCUT2D eigenvalue weighted by Gasteiger charge is -2.38. The maximum atomic E-state index is 12.2. The van der Waals surface area contributed by atoms with E-state index in [0.717, 1.165) is 0 Å². The maximum absolute atomic E-state index is 12.2. The molecule has 3 atom stereocenters. The summed E-state index contributed by atoms with van der Waals surface area (Å²) in [5, 5.41) is 30.2. The highest BCUT2D eigenvalue weighted by molar-refractivity contribution is 5.72. The molecule has 1 aliphatic rings. The number of rotatable bonds is 8. The van der Waals surface area contributed by atoms with Crippen LogP contribution in [0.3, 0.4) is 0 Å². The number of carbonyl (C=O) groups is 1. The van der Waals surface area contributed by atoms with Crippen molar-refractivity contribution >= 4 is 5.97 Å². The van der Waals surface area contributed by atoms with Gasteiger partial charge in [-0.2, -0.15) is 5.06 Å². The van der Waals surface area contributed by atoms with Crippen molar-refractivity contribution in [2.75, 3.05) is 19.8 Å². The van der Waals surface area contributed by atoms with Gasteiger partial charge in [0, 0.05) is 0 Å². The van der Waals surface area contributed by atoms with Gasteiger partial charge in [0.2, 0.25) is 0 Å². The molecule has 1 rings (SSSR count). The standard InChI is InChI=1S/C17H33NO6/c1-12(2)6-17(7-13(21)10-19)8-14(11-20)24-18(17)9-15(22)23-16(3,4)5/h12-14,19-21H,6-11H2,1-5H3. The Kier molecular flexibility index (Phi) is 7.62. The SMILES string of the molecule is CC(C)CC1(CC(O)CO)CC(CO)ON1CC(=O)OC(C)(C)C. The van der Waals surface area contributed by atoms with Gasteiger partial charge in [0.1, 0.15) is 18.2 Å². The molecule has 7 heteroatoms. The molecule has 1 saturated heterocycles. The van der Waals surface area contributed by atoms with Crippen molar-refractivity contribution in [2.45, 2.75) is 77.2 Å². The summed E-state index contributed by atoms with van der Waals surface area (Å²) in [7, 11) is 0. The van der Waals surface area contributed by atoms with Crippen molar-refractivity contribution < 1.29 is 29.7 Å². The molecular weight excluding hydrogens is 314 g/mol. The van der Waals surface area contributed by atoms with Gasteiger partial charge in [0.05, 0.1) is 24.9 Å². The average Bonchev–Trinajstić information content (AvgIpc) is 2.73. The lowest BCUT2D eigenvalue weighted by Crippen LogP contribution is -2.49. The van der Waals surface area contributed by atoms with Crippen LogP contribution in [0.1, 0.15) is 53.9 Å². The summed E-state index contributed by atoms with van der Waals surface area (Å²) < 4.78 is 5.36. The Labute approximate surface area is 144 Å². The molecule has 0 radical (unpaired) electrons. The van der Waals surface area contributed by atoms with E-state index in [1.807, 2.05) is 13.8 Å². The molecule has 0 spiro atoms. The lowest BCUT2D eigenvalue weighted by atomic mass is 9.80. The summed E-state index contributed by atoms with van der Waals surface area (Å²) in [6.45, 7) is 8.87. The number of hydroxylamine groups is 2. The number of hydrogen-bond donors (Lipinski definition) is 3. The summed E-state index contributed by atoms with van der Waals surface area (Å²) in [5.41, 5.74) is -1.22. The average molecular weight is 347 g/mol. The number of ether oxygens (including phenoxy) is 1. The van der Waals surface area contributed by atoms with Gasteiger partial charge in [0.15, 0.2) is 0 Å². The minimum Gasteiger partial charge on any atom is -0.459 e. The van der Waals surface area contributed by atoms with Gasteiger partial charge in [-0.1, -0.05) is 13.8 Å². The van der Waals surface area contributed by atoms with Crippen molar-refractivity contribution in [1.82, 2.24) is 5.06 Å². The number of hydrogen-bond acceptors (Lipinski definition) is 7. The third-order valence-electron chi connectivity index (χ3n) is 3.92. The zero-order chi connectivity index (χ0) is 18.5. The molecule has 1 fully saturated rings. The van der Waals surface area contributed by atoms with Gasteiger partial charge in [-0.3, -0.25) is 9.63 Å². The van der Waals surface area contributed by atoms with Crippen LogP contribution in [0.25, 0.3) is 0 Å². The smallest absolute Gasteiger partial charge is 0.323 e. The normalized spacial score (nSPS) is 26.8. The Morgan fingerprint density at radius 2 is 1.96 bits per heavy atom. The van der Waals surface area contributed by atoms with E-state index in [0.29, 0.717) is 12.8 Å². The molecule has 0 bridgehead atoms. The second-order valence-corrected chi connectivity index (χ2v) is 8.10. The quantitative estimate of drug-likeness (QED) is 0.560. The number of carbonyl (C=O) groups excluding carboxylic acids is 1. The van der Waals surface area contributed by atoms with Crippen LogP contribution in [-0.4, -0.2) is 69.5 Å². The van der Waals surface area contributed by atoms with E-state index in [2.05, 4.69) is 0 Å². The van der Waals surface area contributed by atoms with Gasteiger partial charge in [0.25, 0.3) is 0 Å². The molecular formula is C17H33NO6. The Balaban J connectivity index is 2.98. The molecule has 0 aliphatic carbocycles. The maximum Gasteiger partial charge on any atom is 0.323 e. The van der Waals surface area contributed by atoms with Crippen LogP contribution in [0.15, 0.2) is 0 Å². The largest absolute Gasteiger partial charge is 0.459 e. The highest BCUT2D eigenvalue weighted by Crippen LogP contribution is 2.40. The van der Waals surface area contributed by atoms with Crippen molar-refractivity contribution in [3.8, 4) is 0 Å². The van der Waals surface area contributed by atoms with Crippen LogP contribution < -0.4 is 0 Å². The topological polar surface area (TPSA) is 99.5 Å². The number of esters is 1.